The van der Waals surface area contributed by atoms with Crippen LogP contribution < -0.4 is 14.5 Å². The van der Waals surface area contributed by atoms with E-state index >= 15 is 0 Å². The Morgan fingerprint density at radius 1 is 1.12 bits per heavy atom. The average molecular weight is 593 g/mol. The molecule has 6 rings (SSSR count). The van der Waals surface area contributed by atoms with Crippen LogP contribution in [-0.2, 0) is 10.0 Å². The summed E-state index contributed by atoms with van der Waals surface area (Å²) in [5.74, 6) is -0.190. The largest absolute Gasteiger partial charge is 0.455 e. The van der Waals surface area contributed by atoms with Crippen LogP contribution in [0.25, 0.3) is 33.2 Å². The normalized spacial score (nSPS) is 15.8. The average Bonchev–Trinajstić information content (AvgIpc) is 3.58. The van der Waals surface area contributed by atoms with Crippen LogP contribution in [0.4, 0.5) is 20.3 Å². The highest BCUT2D eigenvalue weighted by atomic mass is 32.2. The molecule has 1 saturated heterocycles. The van der Waals surface area contributed by atoms with Crippen LogP contribution in [0.15, 0.2) is 65.1 Å². The first-order chi connectivity index (χ1) is 20.0. The lowest BCUT2D eigenvalue weighted by atomic mass is 9.88. The van der Waals surface area contributed by atoms with Crippen LogP contribution in [-0.4, -0.2) is 52.7 Å². The lowest BCUT2D eigenvalue weighted by molar-refractivity contribution is 0.0964. The molecule has 1 amide bonds. The van der Waals surface area contributed by atoms with E-state index in [4.69, 9.17) is 4.42 Å². The molecule has 218 valence electrons. The van der Waals surface area contributed by atoms with Gasteiger partial charge in [-0.3, -0.25) is 9.10 Å². The summed E-state index contributed by atoms with van der Waals surface area (Å²) in [6.07, 6.45) is 2.73. The number of H-pyrrole nitrogens is 1. The predicted octanol–water partition coefficient (Wildman–Crippen LogP) is 6.00. The van der Waals surface area contributed by atoms with Crippen molar-refractivity contribution < 1.29 is 26.4 Å². The molecular weight excluding hydrogens is 562 g/mol. The van der Waals surface area contributed by atoms with Crippen LogP contribution in [0.2, 0.25) is 0 Å². The minimum Gasteiger partial charge on any atom is -0.455 e. The third-order valence-electron chi connectivity index (χ3n) is 8.03. The van der Waals surface area contributed by atoms with Gasteiger partial charge in [-0.2, -0.15) is 0 Å². The molecule has 1 aliphatic rings. The summed E-state index contributed by atoms with van der Waals surface area (Å²) in [5, 5.41) is 3.96. The fraction of sp³-hybridized carbons (Fsp3) is 0.258. The first kappa shape index (κ1) is 27.8. The van der Waals surface area contributed by atoms with Crippen molar-refractivity contribution in [3.8, 4) is 11.3 Å². The standard InChI is InChI=1S/C31H30F2N4O4S/c1-34-31(38)28-23-15-22(20-7-5-13-37(17-20)27-14-19-6-4-8-24(33)29(19)35-27)25(36(2)42(3,39)40)16-26(23)41-30(28)18-9-11-21(32)12-10-18/h4,6,8-12,14-16,20,35H,5,7,13,17H2,1-3H3,(H,34,38)/t20-/m1/s1. The van der Waals surface area contributed by atoms with Gasteiger partial charge in [-0.05, 0) is 60.9 Å². The number of hydrogen-bond acceptors (Lipinski definition) is 5. The van der Waals surface area contributed by atoms with Crippen molar-refractivity contribution >= 4 is 49.3 Å². The van der Waals surface area contributed by atoms with E-state index in [9.17, 15) is 22.0 Å². The maximum atomic E-state index is 14.4. The first-order valence-corrected chi connectivity index (χ1v) is 15.4. The number of furan rings is 1. The number of carbonyl (C=O) groups excluding carboxylic acids is 1. The van der Waals surface area contributed by atoms with Crippen molar-refractivity contribution in [3.63, 3.8) is 0 Å². The van der Waals surface area contributed by atoms with Crippen LogP contribution in [0.3, 0.4) is 0 Å². The highest BCUT2D eigenvalue weighted by molar-refractivity contribution is 7.92. The zero-order valence-corrected chi connectivity index (χ0v) is 24.2. The van der Waals surface area contributed by atoms with Gasteiger partial charge in [-0.15, -0.1) is 0 Å². The number of fused-ring (bicyclic) bond motifs is 2. The smallest absolute Gasteiger partial charge is 0.255 e. The molecule has 0 saturated carbocycles. The summed E-state index contributed by atoms with van der Waals surface area (Å²) >= 11 is 0. The third kappa shape index (κ3) is 4.87. The number of benzene rings is 3. The van der Waals surface area contributed by atoms with Gasteiger partial charge >= 0.3 is 0 Å². The molecule has 5 aromatic rings. The summed E-state index contributed by atoms with van der Waals surface area (Å²) in [5.41, 5.74) is 2.77. The number of rotatable bonds is 6. The van der Waals surface area contributed by atoms with Gasteiger partial charge in [0.2, 0.25) is 10.0 Å². The second-order valence-electron chi connectivity index (χ2n) is 10.7. The Bertz CT molecular complexity index is 1930. The van der Waals surface area contributed by atoms with Crippen LogP contribution >= 0.6 is 0 Å². The molecule has 0 aliphatic carbocycles. The molecule has 2 aromatic heterocycles. The number of para-hydroxylation sites is 1. The minimum absolute atomic E-state index is 0.111. The number of halogens is 2. The van der Waals surface area contributed by atoms with Crippen molar-refractivity contribution in [3.05, 3.63) is 83.4 Å². The maximum Gasteiger partial charge on any atom is 0.255 e. The van der Waals surface area contributed by atoms with Crippen LogP contribution in [0, 0.1) is 11.6 Å². The van der Waals surface area contributed by atoms with E-state index in [1.54, 1.807) is 12.1 Å². The first-order valence-electron chi connectivity index (χ1n) is 13.6. The van der Waals surface area contributed by atoms with Crippen molar-refractivity contribution in [2.24, 2.45) is 0 Å². The molecule has 2 N–H and O–H groups in total. The van der Waals surface area contributed by atoms with Crippen LogP contribution in [0.5, 0.6) is 0 Å². The van der Waals surface area contributed by atoms with Crippen LogP contribution in [0.1, 0.15) is 34.7 Å². The number of piperidine rings is 1. The van der Waals surface area contributed by atoms with E-state index < -0.39 is 15.8 Å². The van der Waals surface area contributed by atoms with Gasteiger partial charge in [0.15, 0.2) is 0 Å². The maximum absolute atomic E-state index is 14.4. The number of aromatic amines is 1. The molecule has 0 spiro atoms. The molecule has 8 nitrogen and oxygen atoms in total. The van der Waals surface area contributed by atoms with Gasteiger partial charge in [-0.25, -0.2) is 17.2 Å². The zero-order chi connectivity index (χ0) is 29.8. The molecule has 11 heteroatoms. The number of nitrogens with one attached hydrogen (secondary N) is 2. The molecule has 3 heterocycles. The Labute approximate surface area is 242 Å². The molecule has 1 fully saturated rings. The molecule has 0 radical (unpaired) electrons. The van der Waals surface area contributed by atoms with E-state index in [0.29, 0.717) is 34.3 Å². The fourth-order valence-corrected chi connectivity index (χ4v) is 6.32. The quantitative estimate of drug-likeness (QED) is 0.252. The van der Waals surface area contributed by atoms with E-state index in [1.165, 1.54) is 48.7 Å². The second kappa shape index (κ2) is 10.5. The molecule has 0 bridgehead atoms. The summed E-state index contributed by atoms with van der Waals surface area (Å²) in [6.45, 7) is 1.29. The highest BCUT2D eigenvalue weighted by Crippen LogP contribution is 2.42. The Morgan fingerprint density at radius 3 is 2.57 bits per heavy atom. The Kier molecular flexibility index (Phi) is 6.92. The van der Waals surface area contributed by atoms with Gasteiger partial charge in [0, 0.05) is 55.5 Å². The van der Waals surface area contributed by atoms with Gasteiger partial charge in [0.05, 0.1) is 23.0 Å². The van der Waals surface area contributed by atoms with Crippen molar-refractivity contribution in [1.29, 1.82) is 0 Å². The molecule has 1 aliphatic heterocycles. The van der Waals surface area contributed by atoms with Crippen molar-refractivity contribution in [2.45, 2.75) is 18.8 Å². The fourth-order valence-electron chi connectivity index (χ4n) is 5.81. The van der Waals surface area contributed by atoms with E-state index in [2.05, 4.69) is 15.2 Å². The number of amides is 1. The number of hydrogen-bond donors (Lipinski definition) is 2. The third-order valence-corrected chi connectivity index (χ3v) is 9.22. The zero-order valence-electron chi connectivity index (χ0n) is 23.4. The minimum atomic E-state index is -3.65. The Hall–Kier alpha value is -4.38. The summed E-state index contributed by atoms with van der Waals surface area (Å²) in [6, 6.07) is 16.0. The molecular formula is C31H30F2N4O4S. The van der Waals surface area contributed by atoms with Crippen molar-refractivity contribution in [1.82, 2.24) is 10.3 Å². The Balaban J connectivity index is 1.50. The SMILES string of the molecule is CNC(=O)c1c(-c2ccc(F)cc2)oc2cc(N(C)S(C)(=O)=O)c([C@@H]3CCCN(c4cc5cccc(F)c5[nH]4)C3)cc12. The lowest BCUT2D eigenvalue weighted by Crippen LogP contribution is -2.35. The van der Waals surface area contributed by atoms with E-state index in [-0.39, 0.29) is 29.0 Å². The van der Waals surface area contributed by atoms with Crippen molar-refractivity contribution in [2.75, 3.05) is 42.6 Å². The second-order valence-corrected chi connectivity index (χ2v) is 12.7. The Morgan fingerprint density at radius 2 is 1.88 bits per heavy atom. The van der Waals surface area contributed by atoms with Gasteiger partial charge < -0.3 is 19.6 Å². The number of nitrogens with zero attached hydrogens (tertiary/aromatic N) is 2. The monoisotopic (exact) mass is 592 g/mol. The summed E-state index contributed by atoms with van der Waals surface area (Å²) in [7, 11) is -0.636. The molecule has 3 aromatic carbocycles. The van der Waals surface area contributed by atoms with Gasteiger partial charge in [0.25, 0.3) is 5.91 Å². The van der Waals surface area contributed by atoms with Gasteiger partial charge in [0.1, 0.15) is 28.8 Å². The number of carbonyl (C=O) groups is 1. The summed E-state index contributed by atoms with van der Waals surface area (Å²) < 4.78 is 61.0. The van der Waals surface area contributed by atoms with E-state index in [1.807, 2.05) is 18.2 Å². The van der Waals surface area contributed by atoms with E-state index in [0.717, 1.165) is 42.4 Å². The number of sulfonamides is 1. The number of anilines is 2. The molecule has 1 atom stereocenters. The lowest BCUT2D eigenvalue weighted by Gasteiger charge is -2.35. The topological polar surface area (TPSA) is 98.7 Å². The molecule has 42 heavy (non-hydrogen) atoms. The summed E-state index contributed by atoms with van der Waals surface area (Å²) in [4.78, 5) is 18.5. The number of aromatic nitrogens is 1. The molecule has 0 unspecified atom stereocenters. The highest BCUT2D eigenvalue weighted by Gasteiger charge is 2.30. The van der Waals surface area contributed by atoms with Gasteiger partial charge in [-0.1, -0.05) is 12.1 Å². The predicted molar refractivity (Wildman–Crippen MR) is 161 cm³/mol.